The smallest absolute Gasteiger partial charge is 0.331 e. The number of carbonyl (C=O) groups excluding carboxylic acids is 2. The molecule has 3 heterocycles. The third-order valence-corrected chi connectivity index (χ3v) is 9.95. The van der Waals surface area contributed by atoms with Gasteiger partial charge in [-0.15, -0.1) is 0 Å². The molecule has 7 heteroatoms. The third-order valence-electron chi connectivity index (χ3n) is 9.95. The SMILES string of the molecule is CC(C=CC1=C(C)CCCC1(C)C)=CCC=CC(C)=CC(=O)Nc1cc[n+](CCCOC2=c3occc3=CC3C=CC(=O)OC23)c2ccccc12. The van der Waals surface area contributed by atoms with Crippen molar-refractivity contribution in [2.24, 2.45) is 11.3 Å². The van der Waals surface area contributed by atoms with Gasteiger partial charge in [-0.05, 0) is 75.1 Å². The molecule has 7 nitrogen and oxygen atoms in total. The molecule has 1 aliphatic heterocycles. The summed E-state index contributed by atoms with van der Waals surface area (Å²) in [5.74, 6) is -0.0838. The summed E-state index contributed by atoms with van der Waals surface area (Å²) in [5, 5.41) is 4.97. The number of aromatic nitrogens is 1. The number of pyridine rings is 1. The van der Waals surface area contributed by atoms with E-state index in [0.29, 0.717) is 30.7 Å². The molecule has 3 aromatic rings. The Bertz CT molecular complexity index is 2120. The lowest BCUT2D eigenvalue weighted by molar-refractivity contribution is -0.671. The summed E-state index contributed by atoms with van der Waals surface area (Å²) in [7, 11) is 0. The number of hydrogen-bond donors (Lipinski definition) is 1. The standard InChI is InChI=1S/C44H48N2O5/c1-30(17-19-36-32(3)14-10-23-44(36,4)5)12-6-7-13-31(2)28-39(47)45-37-21-25-46(38-16-9-8-15-35(37)38)24-11-26-49-43-41-34(22-27-50-41)29-33-18-20-40(48)51-42(33)43/h7-9,12-13,15-22,25,27-29,33,42H,6,10-11,14,23-24,26H2,1-5H3/p+1. The second kappa shape index (κ2) is 15.8. The van der Waals surface area contributed by atoms with Crippen LogP contribution in [-0.4, -0.2) is 24.6 Å². The maximum Gasteiger partial charge on any atom is 0.331 e. The van der Waals surface area contributed by atoms with Crippen molar-refractivity contribution in [2.45, 2.75) is 79.4 Å². The fourth-order valence-corrected chi connectivity index (χ4v) is 7.27. The normalized spacial score (nSPS) is 20.4. The van der Waals surface area contributed by atoms with Crippen LogP contribution in [-0.2, 0) is 25.6 Å². The summed E-state index contributed by atoms with van der Waals surface area (Å²) in [6.45, 7) is 12.1. The van der Waals surface area contributed by atoms with Gasteiger partial charge in [-0.2, -0.15) is 4.57 Å². The lowest BCUT2D eigenvalue weighted by Gasteiger charge is -2.32. The van der Waals surface area contributed by atoms with Crippen LogP contribution in [0.2, 0.25) is 0 Å². The van der Waals surface area contributed by atoms with Gasteiger partial charge in [-0.25, -0.2) is 4.79 Å². The largest absolute Gasteiger partial charge is 0.490 e. The molecule has 264 valence electrons. The van der Waals surface area contributed by atoms with Gasteiger partial charge in [0.15, 0.2) is 30.0 Å². The van der Waals surface area contributed by atoms with Crippen molar-refractivity contribution in [1.82, 2.24) is 0 Å². The first kappa shape index (κ1) is 35.6. The summed E-state index contributed by atoms with van der Waals surface area (Å²) in [5.41, 5.74) is 7.71. The number of rotatable bonds is 12. The predicted octanol–water partition coefficient (Wildman–Crippen LogP) is 7.69. The van der Waals surface area contributed by atoms with E-state index < -0.39 is 6.10 Å². The van der Waals surface area contributed by atoms with Crippen molar-refractivity contribution in [3.8, 4) is 0 Å². The van der Waals surface area contributed by atoms with Crippen molar-refractivity contribution in [2.75, 3.05) is 11.9 Å². The van der Waals surface area contributed by atoms with Gasteiger partial charge in [-0.3, -0.25) is 4.79 Å². The number of amides is 1. The molecule has 51 heavy (non-hydrogen) atoms. The molecule has 0 radical (unpaired) electrons. The number of nitrogens with one attached hydrogen (secondary N) is 1. The van der Waals surface area contributed by atoms with Crippen LogP contribution in [0.15, 0.2) is 124 Å². The van der Waals surface area contributed by atoms with E-state index in [1.165, 1.54) is 42.1 Å². The number of benzene rings is 1. The van der Waals surface area contributed by atoms with Crippen molar-refractivity contribution < 1.29 is 28.0 Å². The molecule has 2 unspecified atom stereocenters. The van der Waals surface area contributed by atoms with Crippen molar-refractivity contribution in [3.05, 3.63) is 130 Å². The maximum absolute atomic E-state index is 13.0. The summed E-state index contributed by atoms with van der Waals surface area (Å²) in [4.78, 5) is 25.0. The van der Waals surface area contributed by atoms with E-state index in [1.54, 1.807) is 12.3 Å². The van der Waals surface area contributed by atoms with Gasteiger partial charge in [0.1, 0.15) is 0 Å². The Morgan fingerprint density at radius 3 is 2.80 bits per heavy atom. The van der Waals surface area contributed by atoms with Crippen molar-refractivity contribution >= 4 is 40.3 Å². The van der Waals surface area contributed by atoms with E-state index >= 15 is 0 Å². The molecule has 0 fully saturated rings. The Labute approximate surface area is 300 Å². The van der Waals surface area contributed by atoms with Gasteiger partial charge < -0.3 is 19.2 Å². The first-order chi connectivity index (χ1) is 24.6. The maximum atomic E-state index is 13.0. The molecule has 3 aliphatic rings. The zero-order valence-corrected chi connectivity index (χ0v) is 30.4. The Kier molecular flexibility index (Phi) is 11.0. The highest BCUT2D eigenvalue weighted by atomic mass is 16.6. The Morgan fingerprint density at radius 2 is 1.96 bits per heavy atom. The summed E-state index contributed by atoms with van der Waals surface area (Å²) in [6, 6.07) is 11.9. The van der Waals surface area contributed by atoms with Crippen LogP contribution < -0.4 is 20.5 Å². The minimum atomic E-state index is -0.527. The molecule has 0 spiro atoms. The Hall–Kier alpha value is -5.17. The molecule has 2 aromatic heterocycles. The lowest BCUT2D eigenvalue weighted by atomic mass is 9.72. The van der Waals surface area contributed by atoms with Gasteiger partial charge in [-0.1, -0.05) is 79.7 Å². The number of ether oxygens (including phenoxy) is 2. The fraction of sp³-hybridized carbons (Fsp3) is 0.341. The molecular weight excluding hydrogens is 636 g/mol. The van der Waals surface area contributed by atoms with Crippen LogP contribution in [0.1, 0.15) is 66.7 Å². The fourth-order valence-electron chi connectivity index (χ4n) is 7.27. The molecular formula is C44H49N2O5+. The minimum absolute atomic E-state index is 0.0842. The molecule has 1 aromatic carbocycles. The molecule has 1 N–H and O–H groups in total. The van der Waals surface area contributed by atoms with Crippen LogP contribution in [0, 0.1) is 11.3 Å². The minimum Gasteiger partial charge on any atom is -0.490 e. The van der Waals surface area contributed by atoms with E-state index in [2.05, 4.69) is 61.9 Å². The van der Waals surface area contributed by atoms with Crippen LogP contribution in [0.25, 0.3) is 22.7 Å². The number of fused-ring (bicyclic) bond motifs is 3. The van der Waals surface area contributed by atoms with E-state index in [1.807, 2.05) is 67.7 Å². The molecule has 2 atom stereocenters. The third kappa shape index (κ3) is 8.59. The number of anilines is 1. The molecule has 6 rings (SSSR count). The summed E-state index contributed by atoms with van der Waals surface area (Å²) >= 11 is 0. The highest BCUT2D eigenvalue weighted by Gasteiger charge is 2.34. The average molecular weight is 686 g/mol. The lowest BCUT2D eigenvalue weighted by Crippen LogP contribution is -2.42. The van der Waals surface area contributed by atoms with Gasteiger partial charge in [0.2, 0.25) is 11.4 Å². The number of furan rings is 1. The topological polar surface area (TPSA) is 81.7 Å². The zero-order chi connectivity index (χ0) is 36.0. The number of nitrogens with zero attached hydrogens (tertiary/aromatic N) is 1. The monoisotopic (exact) mass is 685 g/mol. The summed E-state index contributed by atoms with van der Waals surface area (Å²) in [6.07, 6.45) is 26.1. The van der Waals surface area contributed by atoms with E-state index in [9.17, 15) is 9.59 Å². The van der Waals surface area contributed by atoms with Gasteiger partial charge in [0, 0.05) is 41.8 Å². The van der Waals surface area contributed by atoms with Gasteiger partial charge >= 0.3 is 5.97 Å². The first-order valence-electron chi connectivity index (χ1n) is 18.0. The number of hydrogen-bond acceptors (Lipinski definition) is 5. The molecule has 2 aliphatic carbocycles. The number of esters is 1. The number of para-hydroxylation sites is 1. The van der Waals surface area contributed by atoms with Gasteiger partial charge in [0.25, 0.3) is 0 Å². The van der Waals surface area contributed by atoms with Crippen LogP contribution in [0.5, 0.6) is 0 Å². The van der Waals surface area contributed by atoms with E-state index in [-0.39, 0.29) is 23.2 Å². The highest BCUT2D eigenvalue weighted by Crippen LogP contribution is 2.40. The quantitative estimate of drug-likeness (QED) is 0.0696. The summed E-state index contributed by atoms with van der Waals surface area (Å²) < 4.78 is 19.7. The highest BCUT2D eigenvalue weighted by molar-refractivity contribution is 6.05. The van der Waals surface area contributed by atoms with Crippen LogP contribution in [0.3, 0.4) is 0 Å². The van der Waals surface area contributed by atoms with E-state index in [4.69, 9.17) is 13.9 Å². The number of allylic oxidation sites excluding steroid dienone is 9. The second-order valence-corrected chi connectivity index (χ2v) is 14.4. The van der Waals surface area contributed by atoms with Crippen LogP contribution in [0.4, 0.5) is 5.69 Å². The molecule has 1 amide bonds. The molecule has 0 saturated heterocycles. The average Bonchev–Trinajstić information content (AvgIpc) is 3.57. The Balaban J connectivity index is 1.04. The van der Waals surface area contributed by atoms with Gasteiger partial charge in [0.05, 0.1) is 23.9 Å². The predicted molar refractivity (Wildman–Crippen MR) is 202 cm³/mol. The Morgan fingerprint density at radius 1 is 1.12 bits per heavy atom. The van der Waals surface area contributed by atoms with Crippen molar-refractivity contribution in [1.29, 1.82) is 0 Å². The zero-order valence-electron chi connectivity index (χ0n) is 30.4. The van der Waals surface area contributed by atoms with Crippen LogP contribution >= 0.6 is 0 Å². The number of aryl methyl sites for hydroxylation is 1. The second-order valence-electron chi connectivity index (χ2n) is 14.4. The first-order valence-corrected chi connectivity index (χ1v) is 18.0. The van der Waals surface area contributed by atoms with E-state index in [0.717, 1.165) is 33.8 Å². The van der Waals surface area contributed by atoms with Crippen molar-refractivity contribution in [3.63, 3.8) is 0 Å². The molecule has 0 bridgehead atoms. The molecule has 0 saturated carbocycles. The number of carbonyl (C=O) groups is 2.